The third-order valence-corrected chi connectivity index (χ3v) is 7.77. The van der Waals surface area contributed by atoms with Gasteiger partial charge in [-0.1, -0.05) is 30.3 Å². The smallest absolute Gasteiger partial charge is 0.273 e. The Morgan fingerprint density at radius 2 is 2.03 bits per heavy atom. The fourth-order valence-electron chi connectivity index (χ4n) is 4.83. The lowest BCUT2D eigenvalue weighted by Gasteiger charge is -2.23. The van der Waals surface area contributed by atoms with Gasteiger partial charge in [-0.3, -0.25) is 4.79 Å². The number of aromatic nitrogens is 5. The first kappa shape index (κ1) is 25.1. The van der Waals surface area contributed by atoms with E-state index in [-0.39, 0.29) is 29.4 Å². The molecule has 5 aromatic rings. The molecule has 1 aliphatic rings. The minimum absolute atomic E-state index is 0.0854. The second kappa shape index (κ2) is 10.2. The molecule has 39 heavy (non-hydrogen) atoms. The van der Waals surface area contributed by atoms with Crippen LogP contribution in [0.1, 0.15) is 58.5 Å². The first-order valence-electron chi connectivity index (χ1n) is 12.7. The van der Waals surface area contributed by atoms with Gasteiger partial charge in [0.2, 0.25) is 17.7 Å². The van der Waals surface area contributed by atoms with E-state index in [4.69, 9.17) is 14.6 Å². The van der Waals surface area contributed by atoms with Gasteiger partial charge in [0.05, 0.1) is 17.8 Å². The van der Waals surface area contributed by atoms with E-state index in [1.165, 1.54) is 12.5 Å². The summed E-state index contributed by atoms with van der Waals surface area (Å²) in [5.41, 5.74) is 8.87. The molecule has 4 aromatic heterocycles. The number of nitrogens with zero attached hydrogens (tertiary/aromatic N) is 6. The fourth-order valence-corrected chi connectivity index (χ4v) is 5.77. The van der Waals surface area contributed by atoms with E-state index >= 15 is 0 Å². The summed E-state index contributed by atoms with van der Waals surface area (Å²) in [5.74, 6) is 0.606. The quantitative estimate of drug-likeness (QED) is 0.303. The van der Waals surface area contributed by atoms with Crippen LogP contribution in [0.5, 0.6) is 0 Å². The summed E-state index contributed by atoms with van der Waals surface area (Å²) < 4.78 is 11.6. The Kier molecular flexibility index (Phi) is 6.53. The summed E-state index contributed by atoms with van der Waals surface area (Å²) in [4.78, 5) is 29.1. The first-order valence-corrected chi connectivity index (χ1v) is 13.6. The lowest BCUT2D eigenvalue weighted by molar-refractivity contribution is 0.0729. The number of amides is 1. The molecule has 0 bridgehead atoms. The minimum Gasteiger partial charge on any atom is -0.443 e. The van der Waals surface area contributed by atoms with Crippen LogP contribution in [-0.2, 0) is 12.0 Å². The molecular formula is C28H27N7O3S. The van der Waals surface area contributed by atoms with E-state index < -0.39 is 5.54 Å². The first-order chi connectivity index (χ1) is 18.9. The fraction of sp³-hybridized carbons (Fsp3) is 0.286. The average molecular weight is 542 g/mol. The van der Waals surface area contributed by atoms with Gasteiger partial charge in [-0.05, 0) is 50.8 Å². The normalized spacial score (nSPS) is 16.9. The third-order valence-electron chi connectivity index (χ3n) is 6.71. The van der Waals surface area contributed by atoms with Crippen molar-refractivity contribution in [2.75, 3.05) is 6.54 Å². The summed E-state index contributed by atoms with van der Waals surface area (Å²) in [7, 11) is 0. The van der Waals surface area contributed by atoms with Gasteiger partial charge in [0, 0.05) is 23.2 Å². The number of carbonyl (C=O) groups excluding carboxylic acids is 1. The molecule has 1 amide bonds. The van der Waals surface area contributed by atoms with Crippen LogP contribution >= 0.6 is 11.3 Å². The number of nitrogens with two attached hydrogens (primary N) is 1. The Bertz CT molecular complexity index is 1590. The van der Waals surface area contributed by atoms with E-state index in [1.54, 1.807) is 23.5 Å². The zero-order valence-electron chi connectivity index (χ0n) is 21.6. The number of rotatable bonds is 7. The summed E-state index contributed by atoms with van der Waals surface area (Å²) in [5, 5.41) is 11.5. The molecule has 11 heteroatoms. The molecule has 1 aliphatic heterocycles. The Labute approximate surface area is 228 Å². The van der Waals surface area contributed by atoms with Gasteiger partial charge in [-0.15, -0.1) is 21.5 Å². The molecule has 0 unspecified atom stereocenters. The van der Waals surface area contributed by atoms with Gasteiger partial charge in [0.15, 0.2) is 0 Å². The second-order valence-corrected chi connectivity index (χ2v) is 10.8. The topological polar surface area (TPSA) is 137 Å². The number of likely N-dealkylation sites (tertiary alicyclic amines) is 1. The molecule has 6 rings (SSSR count). The zero-order valence-corrected chi connectivity index (χ0v) is 22.4. The Hall–Kier alpha value is -4.22. The number of carbonyl (C=O) groups is 1. The molecule has 1 saturated heterocycles. The predicted molar refractivity (Wildman–Crippen MR) is 145 cm³/mol. The number of thiazole rings is 1. The highest BCUT2D eigenvalue weighted by Crippen LogP contribution is 2.35. The van der Waals surface area contributed by atoms with Gasteiger partial charge < -0.3 is 19.5 Å². The number of hydrogen-bond donors (Lipinski definition) is 1. The molecule has 5 heterocycles. The van der Waals surface area contributed by atoms with Gasteiger partial charge >= 0.3 is 0 Å². The lowest BCUT2D eigenvalue weighted by atomic mass is 9.94. The number of hydrogen-bond acceptors (Lipinski definition) is 10. The van der Waals surface area contributed by atoms with Gasteiger partial charge in [0.1, 0.15) is 22.7 Å². The number of oxazole rings is 1. The summed E-state index contributed by atoms with van der Waals surface area (Å²) in [6.45, 7) is 4.43. The molecule has 1 aromatic carbocycles. The molecule has 1 fully saturated rings. The van der Waals surface area contributed by atoms with Crippen molar-refractivity contribution in [1.29, 1.82) is 0 Å². The average Bonchev–Trinajstić information content (AvgIpc) is 3.74. The Morgan fingerprint density at radius 1 is 1.18 bits per heavy atom. The number of pyridine rings is 1. The van der Waals surface area contributed by atoms with Crippen molar-refractivity contribution in [2.45, 2.75) is 44.7 Å². The molecule has 10 nitrogen and oxygen atoms in total. The Morgan fingerprint density at radius 3 is 2.77 bits per heavy atom. The Balaban J connectivity index is 1.35. The van der Waals surface area contributed by atoms with Gasteiger partial charge in [-0.2, -0.15) is 0 Å². The summed E-state index contributed by atoms with van der Waals surface area (Å²) in [6.07, 6.45) is 5.25. The van der Waals surface area contributed by atoms with Crippen LogP contribution in [-0.4, -0.2) is 42.5 Å². The van der Waals surface area contributed by atoms with E-state index in [0.717, 1.165) is 29.1 Å². The maximum atomic E-state index is 13.8. The van der Waals surface area contributed by atoms with Crippen LogP contribution in [0.4, 0.5) is 0 Å². The molecule has 2 N–H and O–H groups in total. The van der Waals surface area contributed by atoms with Crippen molar-refractivity contribution >= 4 is 17.2 Å². The maximum Gasteiger partial charge on any atom is 0.273 e. The summed E-state index contributed by atoms with van der Waals surface area (Å²) >= 11 is 1.57. The molecule has 198 valence electrons. The molecule has 0 saturated carbocycles. The highest BCUT2D eigenvalue weighted by Gasteiger charge is 2.34. The van der Waals surface area contributed by atoms with E-state index in [0.29, 0.717) is 30.1 Å². The van der Waals surface area contributed by atoms with E-state index in [9.17, 15) is 4.79 Å². The van der Waals surface area contributed by atoms with Crippen molar-refractivity contribution in [3.05, 3.63) is 88.2 Å². The largest absolute Gasteiger partial charge is 0.443 e. The second-order valence-electron chi connectivity index (χ2n) is 9.94. The highest BCUT2D eigenvalue weighted by atomic mass is 32.1. The van der Waals surface area contributed by atoms with Gasteiger partial charge in [0.25, 0.3) is 5.91 Å². The van der Waals surface area contributed by atoms with Crippen molar-refractivity contribution in [2.24, 2.45) is 5.73 Å². The van der Waals surface area contributed by atoms with Gasteiger partial charge in [-0.25, -0.2) is 15.0 Å². The minimum atomic E-state index is -0.891. The van der Waals surface area contributed by atoms with E-state index in [1.807, 2.05) is 54.5 Å². The van der Waals surface area contributed by atoms with Crippen LogP contribution in [0.15, 0.2) is 69.1 Å². The molecule has 0 aliphatic carbocycles. The zero-order chi connectivity index (χ0) is 27.0. The number of benzene rings is 1. The van der Waals surface area contributed by atoms with Crippen molar-refractivity contribution in [3.8, 4) is 23.0 Å². The lowest BCUT2D eigenvalue weighted by Crippen LogP contribution is -2.35. The van der Waals surface area contributed by atoms with Crippen molar-refractivity contribution in [3.63, 3.8) is 0 Å². The van der Waals surface area contributed by atoms with Crippen molar-refractivity contribution < 1.29 is 13.6 Å². The maximum absolute atomic E-state index is 13.8. The van der Waals surface area contributed by atoms with E-state index in [2.05, 4.69) is 25.1 Å². The highest BCUT2D eigenvalue weighted by molar-refractivity contribution is 7.09. The standard InChI is InChI=1S/C28H27N7O3S/c1-17-16-39-25(31-17)22-9-6-11-35(22)26(36)21-14-19(13-20(32-21)24-30-10-12-37-24)23-33-34-27(38-23)28(2,29)15-18-7-4-3-5-8-18/h3-5,7-8,10,12-14,16,22H,6,9,11,15,29H2,1-2H3/t22-,28+/m1/s1. The summed E-state index contributed by atoms with van der Waals surface area (Å²) in [6, 6.07) is 13.2. The molecule has 0 spiro atoms. The van der Waals surface area contributed by atoms with Crippen LogP contribution in [0.2, 0.25) is 0 Å². The van der Waals surface area contributed by atoms with Crippen LogP contribution < -0.4 is 5.73 Å². The third kappa shape index (κ3) is 5.10. The van der Waals surface area contributed by atoms with Crippen LogP contribution in [0, 0.1) is 6.92 Å². The van der Waals surface area contributed by atoms with Crippen molar-refractivity contribution in [1.82, 2.24) is 30.0 Å². The van der Waals surface area contributed by atoms with Crippen LogP contribution in [0.3, 0.4) is 0 Å². The predicted octanol–water partition coefficient (Wildman–Crippen LogP) is 4.95. The number of aryl methyl sites for hydroxylation is 1. The van der Waals surface area contributed by atoms with Crippen LogP contribution in [0.25, 0.3) is 23.0 Å². The molecule has 2 atom stereocenters. The molecular weight excluding hydrogens is 514 g/mol. The monoisotopic (exact) mass is 541 g/mol. The molecule has 0 radical (unpaired) electrons. The SMILES string of the molecule is Cc1csc([C@H]2CCCN2C(=O)c2cc(-c3nnc([C@@](C)(N)Cc4ccccc4)o3)cc(-c3ncco3)n2)n1.